The van der Waals surface area contributed by atoms with Gasteiger partial charge >= 0.3 is 0 Å². The van der Waals surface area contributed by atoms with Gasteiger partial charge in [-0.3, -0.25) is 13.8 Å². The van der Waals surface area contributed by atoms with Gasteiger partial charge in [-0.2, -0.15) is 0 Å². The lowest BCUT2D eigenvalue weighted by molar-refractivity contribution is 0.190. The van der Waals surface area contributed by atoms with Crippen LogP contribution in [0, 0.1) is 13.8 Å². The molecule has 0 unspecified atom stereocenters. The molecule has 0 radical (unpaired) electrons. The molecule has 150 valence electrons. The van der Waals surface area contributed by atoms with Gasteiger partial charge in [-0.1, -0.05) is 47.7 Å². The molecule has 2 aromatic heterocycles. The molecule has 0 fully saturated rings. The summed E-state index contributed by atoms with van der Waals surface area (Å²) < 4.78 is 8.86. The van der Waals surface area contributed by atoms with Crippen molar-refractivity contribution in [3.8, 4) is 0 Å². The fraction of sp³-hybridized carbons (Fsp3) is 0.318. The summed E-state index contributed by atoms with van der Waals surface area (Å²) in [6.07, 6.45) is 0.738. The van der Waals surface area contributed by atoms with Gasteiger partial charge in [0.25, 0.3) is 5.56 Å². The summed E-state index contributed by atoms with van der Waals surface area (Å²) in [7, 11) is 1.66. The Morgan fingerprint density at radius 3 is 2.76 bits per heavy atom. The number of thioether (sulfide) groups is 1. The van der Waals surface area contributed by atoms with E-state index in [1.807, 2.05) is 28.7 Å². The summed E-state index contributed by atoms with van der Waals surface area (Å²) in [6, 6.07) is 14.1. The number of hydrogen-bond donors (Lipinski definition) is 0. The first kappa shape index (κ1) is 19.7. The molecule has 2 aromatic carbocycles. The standard InChI is InChI=1S/C22H24N4O2S/c1-15-9-10-16(2)17(13-15)14-29-22-24-23-21-25(11-6-12-28-3)20(27)18-7-4-5-8-19(18)26(21)22/h4-5,7-10,13H,6,11-12,14H2,1-3H3. The molecular weight excluding hydrogens is 384 g/mol. The fourth-order valence-electron chi connectivity index (χ4n) is 3.49. The largest absolute Gasteiger partial charge is 0.385 e. The number of aromatic nitrogens is 4. The zero-order valence-corrected chi connectivity index (χ0v) is 17.7. The number of aryl methyl sites for hydroxylation is 3. The molecule has 4 rings (SSSR count). The zero-order valence-electron chi connectivity index (χ0n) is 16.9. The number of rotatable bonds is 7. The smallest absolute Gasteiger partial charge is 0.262 e. The quantitative estimate of drug-likeness (QED) is 0.342. The molecule has 0 atom stereocenters. The van der Waals surface area contributed by atoms with E-state index in [9.17, 15) is 4.79 Å². The highest BCUT2D eigenvalue weighted by atomic mass is 32.2. The molecule has 4 aromatic rings. The predicted octanol–water partition coefficient (Wildman–Crippen LogP) is 3.99. The van der Waals surface area contributed by atoms with E-state index in [-0.39, 0.29) is 5.56 Å². The maximum atomic E-state index is 13.0. The Kier molecular flexibility index (Phi) is 5.69. The van der Waals surface area contributed by atoms with Gasteiger partial charge in [0, 0.05) is 26.0 Å². The molecule has 0 bridgehead atoms. The molecule has 2 heterocycles. The number of hydrogen-bond acceptors (Lipinski definition) is 5. The molecule has 0 N–H and O–H groups in total. The minimum Gasteiger partial charge on any atom is -0.385 e. The minimum atomic E-state index is -0.0392. The Morgan fingerprint density at radius 1 is 1.10 bits per heavy atom. The van der Waals surface area contributed by atoms with Gasteiger partial charge in [-0.15, -0.1) is 10.2 Å². The monoisotopic (exact) mass is 408 g/mol. The Bertz CT molecular complexity index is 1230. The van der Waals surface area contributed by atoms with Crippen LogP contribution in [0.4, 0.5) is 0 Å². The van der Waals surface area contributed by atoms with E-state index < -0.39 is 0 Å². The summed E-state index contributed by atoms with van der Waals surface area (Å²) in [6.45, 7) is 5.36. The van der Waals surface area contributed by atoms with Crippen LogP contribution in [0.15, 0.2) is 52.4 Å². The summed E-state index contributed by atoms with van der Waals surface area (Å²) in [5, 5.41) is 10.3. The van der Waals surface area contributed by atoms with E-state index >= 15 is 0 Å². The van der Waals surface area contributed by atoms with Crippen LogP contribution in [0.25, 0.3) is 16.7 Å². The van der Waals surface area contributed by atoms with Gasteiger partial charge < -0.3 is 4.74 Å². The molecule has 0 spiro atoms. The van der Waals surface area contributed by atoms with Crippen molar-refractivity contribution < 1.29 is 4.74 Å². The van der Waals surface area contributed by atoms with Gasteiger partial charge in [0.15, 0.2) is 5.16 Å². The molecular formula is C22H24N4O2S. The van der Waals surface area contributed by atoms with Crippen molar-refractivity contribution in [3.05, 3.63) is 69.5 Å². The van der Waals surface area contributed by atoms with Crippen LogP contribution >= 0.6 is 11.8 Å². The lowest BCUT2D eigenvalue weighted by Crippen LogP contribution is -2.24. The Hall–Kier alpha value is -2.64. The van der Waals surface area contributed by atoms with Crippen LogP contribution in [0.3, 0.4) is 0 Å². The minimum absolute atomic E-state index is 0.0392. The number of ether oxygens (including phenoxy) is 1. The third kappa shape index (κ3) is 3.80. The molecule has 7 heteroatoms. The summed E-state index contributed by atoms with van der Waals surface area (Å²) in [5.41, 5.74) is 4.59. The predicted molar refractivity (Wildman–Crippen MR) is 117 cm³/mol. The summed E-state index contributed by atoms with van der Waals surface area (Å²) >= 11 is 1.64. The number of fused-ring (bicyclic) bond motifs is 3. The van der Waals surface area contributed by atoms with Gasteiger partial charge in [0.1, 0.15) is 0 Å². The molecule has 0 aliphatic carbocycles. The maximum absolute atomic E-state index is 13.0. The first-order valence-corrected chi connectivity index (χ1v) is 10.6. The lowest BCUT2D eigenvalue weighted by atomic mass is 10.1. The maximum Gasteiger partial charge on any atom is 0.262 e. The van der Waals surface area contributed by atoms with Gasteiger partial charge in [0.2, 0.25) is 5.78 Å². The molecule has 29 heavy (non-hydrogen) atoms. The molecule has 0 amide bonds. The second-order valence-corrected chi connectivity index (χ2v) is 8.10. The van der Waals surface area contributed by atoms with E-state index in [0.717, 1.165) is 22.8 Å². The van der Waals surface area contributed by atoms with Crippen LogP contribution in [0.2, 0.25) is 0 Å². The molecule has 0 aliphatic rings. The third-order valence-corrected chi connectivity index (χ3v) is 6.05. The average Bonchev–Trinajstić information content (AvgIpc) is 3.15. The molecule has 0 saturated carbocycles. The van der Waals surface area contributed by atoms with E-state index in [1.165, 1.54) is 16.7 Å². The summed E-state index contributed by atoms with van der Waals surface area (Å²) in [5.74, 6) is 1.37. The Balaban J connectivity index is 1.79. The second-order valence-electron chi connectivity index (χ2n) is 7.16. The van der Waals surface area contributed by atoms with Crippen molar-refractivity contribution in [2.45, 2.75) is 37.7 Å². The number of methoxy groups -OCH3 is 1. The van der Waals surface area contributed by atoms with Crippen molar-refractivity contribution in [2.24, 2.45) is 0 Å². The third-order valence-electron chi connectivity index (χ3n) is 5.07. The average molecular weight is 409 g/mol. The first-order chi connectivity index (χ1) is 14.1. The summed E-state index contributed by atoms with van der Waals surface area (Å²) in [4.78, 5) is 13.0. The van der Waals surface area contributed by atoms with Crippen molar-refractivity contribution in [3.63, 3.8) is 0 Å². The van der Waals surface area contributed by atoms with Crippen molar-refractivity contribution in [2.75, 3.05) is 13.7 Å². The van der Waals surface area contributed by atoms with Crippen LogP contribution in [0.1, 0.15) is 23.1 Å². The molecule has 0 aliphatic heterocycles. The molecule has 6 nitrogen and oxygen atoms in total. The van der Waals surface area contributed by atoms with E-state index in [1.54, 1.807) is 23.4 Å². The van der Waals surface area contributed by atoms with Gasteiger partial charge in [-0.05, 0) is 43.5 Å². The van der Waals surface area contributed by atoms with Crippen LogP contribution in [-0.2, 0) is 17.0 Å². The van der Waals surface area contributed by atoms with Crippen molar-refractivity contribution in [1.82, 2.24) is 19.2 Å². The molecule has 0 saturated heterocycles. The zero-order chi connectivity index (χ0) is 20.4. The highest BCUT2D eigenvalue weighted by molar-refractivity contribution is 7.98. The van der Waals surface area contributed by atoms with Crippen LogP contribution in [0.5, 0.6) is 0 Å². The normalized spacial score (nSPS) is 11.6. The topological polar surface area (TPSA) is 61.4 Å². The second kappa shape index (κ2) is 8.39. The number of nitrogens with zero attached hydrogens (tertiary/aromatic N) is 4. The van der Waals surface area contributed by atoms with Gasteiger partial charge in [-0.25, -0.2) is 0 Å². The fourth-order valence-corrected chi connectivity index (χ4v) is 4.50. The highest BCUT2D eigenvalue weighted by Gasteiger charge is 2.17. The number of benzene rings is 2. The number of para-hydroxylation sites is 1. The Labute approximate surface area is 173 Å². The highest BCUT2D eigenvalue weighted by Crippen LogP contribution is 2.26. The van der Waals surface area contributed by atoms with Crippen molar-refractivity contribution >= 4 is 28.4 Å². The Morgan fingerprint density at radius 2 is 1.93 bits per heavy atom. The van der Waals surface area contributed by atoms with Crippen LogP contribution < -0.4 is 5.56 Å². The SMILES string of the molecule is COCCCn1c(=O)c2ccccc2n2c(SCc3cc(C)ccc3C)nnc12. The lowest BCUT2D eigenvalue weighted by Gasteiger charge is -2.11. The first-order valence-electron chi connectivity index (χ1n) is 9.64. The van der Waals surface area contributed by atoms with Crippen molar-refractivity contribution in [1.29, 1.82) is 0 Å². The van der Waals surface area contributed by atoms with Crippen LogP contribution in [-0.4, -0.2) is 32.9 Å². The van der Waals surface area contributed by atoms with E-state index in [2.05, 4.69) is 42.2 Å². The van der Waals surface area contributed by atoms with Gasteiger partial charge in [0.05, 0.1) is 10.9 Å². The van der Waals surface area contributed by atoms with E-state index in [0.29, 0.717) is 24.3 Å². The van der Waals surface area contributed by atoms with E-state index in [4.69, 9.17) is 4.74 Å².